The van der Waals surface area contributed by atoms with Crippen LogP contribution in [0.1, 0.15) is 31.2 Å². The van der Waals surface area contributed by atoms with Crippen molar-refractivity contribution in [1.82, 2.24) is 4.98 Å². The lowest BCUT2D eigenvalue weighted by Gasteiger charge is -2.34. The molecule has 1 aliphatic heterocycles. The number of ether oxygens (including phenoxy) is 1. The summed E-state index contributed by atoms with van der Waals surface area (Å²) in [7, 11) is -0.134. The second-order valence-corrected chi connectivity index (χ2v) is 7.88. The number of piperidine rings is 1. The molecule has 1 aromatic carbocycles. The summed E-state index contributed by atoms with van der Waals surface area (Å²) in [5.74, 6) is 1.37. The number of nitriles is 1. The third-order valence-corrected chi connectivity index (χ3v) is 5.79. The van der Waals surface area contributed by atoms with Gasteiger partial charge in [-0.2, -0.15) is 5.26 Å². The molecule has 2 N–H and O–H groups in total. The Morgan fingerprint density at radius 3 is 2.77 bits per heavy atom. The van der Waals surface area contributed by atoms with E-state index in [4.69, 9.17) is 14.5 Å². The van der Waals surface area contributed by atoms with Crippen LogP contribution in [0.2, 0.25) is 0 Å². The SMILES string of the molecule is COc1ccc2c(N3CCC(CCCP(O)O)CC3)c(C#N)cnc2c1. The quantitative estimate of drug-likeness (QED) is 0.755. The third kappa shape index (κ3) is 4.24. The molecule has 0 spiro atoms. The summed E-state index contributed by atoms with van der Waals surface area (Å²) in [6.45, 7) is 1.80. The molecule has 7 heteroatoms. The highest BCUT2D eigenvalue weighted by atomic mass is 31.2. The number of aromatic nitrogens is 1. The number of rotatable bonds is 6. The van der Waals surface area contributed by atoms with Gasteiger partial charge in [0.25, 0.3) is 0 Å². The molecular weight excluding hydrogens is 349 g/mol. The summed E-state index contributed by atoms with van der Waals surface area (Å²) in [5, 5.41) is 10.5. The number of fused-ring (bicyclic) bond motifs is 1. The zero-order chi connectivity index (χ0) is 18.5. The minimum absolute atomic E-state index is 0.505. The van der Waals surface area contributed by atoms with Gasteiger partial charge in [0.1, 0.15) is 11.8 Å². The van der Waals surface area contributed by atoms with Crippen LogP contribution in [-0.4, -0.2) is 41.1 Å². The number of anilines is 1. The average Bonchev–Trinajstić information content (AvgIpc) is 2.67. The molecule has 26 heavy (non-hydrogen) atoms. The molecule has 0 unspecified atom stereocenters. The molecule has 0 atom stereocenters. The predicted octanol–water partition coefficient (Wildman–Crippen LogP) is 3.41. The molecule has 0 radical (unpaired) electrons. The van der Waals surface area contributed by atoms with Gasteiger partial charge < -0.3 is 19.4 Å². The summed E-state index contributed by atoms with van der Waals surface area (Å²) in [5.41, 5.74) is 2.40. The van der Waals surface area contributed by atoms with Gasteiger partial charge in [-0.05, 0) is 43.7 Å². The molecule has 0 saturated carbocycles. The van der Waals surface area contributed by atoms with Gasteiger partial charge in [-0.1, -0.05) is 0 Å². The van der Waals surface area contributed by atoms with Gasteiger partial charge in [0.05, 0.1) is 23.9 Å². The topological polar surface area (TPSA) is 89.6 Å². The Balaban J connectivity index is 1.77. The zero-order valence-electron chi connectivity index (χ0n) is 14.9. The fraction of sp³-hybridized carbons (Fsp3) is 0.474. The van der Waals surface area contributed by atoms with Crippen molar-refractivity contribution >= 4 is 25.0 Å². The molecule has 138 valence electrons. The van der Waals surface area contributed by atoms with Crippen LogP contribution >= 0.6 is 8.38 Å². The Hall–Kier alpha value is -1.93. The molecule has 1 fully saturated rings. The van der Waals surface area contributed by atoms with Crippen molar-refractivity contribution in [3.8, 4) is 11.8 Å². The van der Waals surface area contributed by atoms with Gasteiger partial charge in [-0.3, -0.25) is 4.98 Å². The largest absolute Gasteiger partial charge is 0.497 e. The van der Waals surface area contributed by atoms with E-state index in [9.17, 15) is 5.26 Å². The standard InChI is InChI=1S/C19H24N3O3P/c1-25-16-4-5-17-18(11-16)21-13-15(12-20)19(17)22-8-6-14(7-9-22)3-2-10-26(23)24/h4-5,11,13-14,23-24H,2-3,6-10H2,1H3. The first-order valence-electron chi connectivity index (χ1n) is 8.89. The number of hydrogen-bond acceptors (Lipinski definition) is 6. The van der Waals surface area contributed by atoms with E-state index in [1.165, 1.54) is 0 Å². The van der Waals surface area contributed by atoms with Crippen molar-refractivity contribution in [1.29, 1.82) is 5.26 Å². The molecule has 0 amide bonds. The number of pyridine rings is 1. The van der Waals surface area contributed by atoms with Crippen molar-refractivity contribution in [2.45, 2.75) is 25.7 Å². The molecular formula is C19H24N3O3P. The minimum Gasteiger partial charge on any atom is -0.497 e. The second kappa shape index (κ2) is 8.64. The molecule has 1 aliphatic rings. The highest BCUT2D eigenvalue weighted by Crippen LogP contribution is 2.35. The first-order chi connectivity index (χ1) is 12.6. The monoisotopic (exact) mass is 373 g/mol. The molecule has 0 aliphatic carbocycles. The number of methoxy groups -OCH3 is 1. The lowest BCUT2D eigenvalue weighted by molar-refractivity contribution is 0.376. The number of benzene rings is 1. The van der Waals surface area contributed by atoms with Crippen LogP contribution in [0.25, 0.3) is 10.9 Å². The van der Waals surface area contributed by atoms with Crippen LogP contribution in [0.4, 0.5) is 5.69 Å². The van der Waals surface area contributed by atoms with Crippen LogP contribution < -0.4 is 9.64 Å². The number of hydrogen-bond donors (Lipinski definition) is 2. The number of nitrogens with zero attached hydrogens (tertiary/aromatic N) is 3. The molecule has 0 bridgehead atoms. The second-order valence-electron chi connectivity index (χ2n) is 6.68. The normalized spacial score (nSPS) is 15.4. The Bertz CT molecular complexity index is 798. The smallest absolute Gasteiger partial charge is 0.164 e. The zero-order valence-corrected chi connectivity index (χ0v) is 15.8. The van der Waals surface area contributed by atoms with Crippen LogP contribution in [0.15, 0.2) is 24.4 Å². The van der Waals surface area contributed by atoms with Crippen LogP contribution in [0, 0.1) is 17.2 Å². The first-order valence-corrected chi connectivity index (χ1v) is 10.3. The average molecular weight is 373 g/mol. The van der Waals surface area contributed by atoms with Crippen molar-refractivity contribution in [3.63, 3.8) is 0 Å². The maximum absolute atomic E-state index is 9.54. The van der Waals surface area contributed by atoms with Crippen LogP contribution in [0.3, 0.4) is 0 Å². The lowest BCUT2D eigenvalue weighted by Crippen LogP contribution is -2.34. The summed E-state index contributed by atoms with van der Waals surface area (Å²) in [6, 6.07) is 8.07. The molecule has 1 aromatic heterocycles. The van der Waals surface area contributed by atoms with Gasteiger partial charge >= 0.3 is 0 Å². The van der Waals surface area contributed by atoms with Crippen LogP contribution in [-0.2, 0) is 0 Å². The van der Waals surface area contributed by atoms with Gasteiger partial charge in [0, 0.05) is 36.9 Å². The highest BCUT2D eigenvalue weighted by molar-refractivity contribution is 7.45. The van der Waals surface area contributed by atoms with Crippen molar-refractivity contribution in [2.75, 3.05) is 31.3 Å². The van der Waals surface area contributed by atoms with E-state index in [2.05, 4.69) is 16.0 Å². The van der Waals surface area contributed by atoms with E-state index in [0.717, 1.165) is 61.1 Å². The Morgan fingerprint density at radius 2 is 2.12 bits per heavy atom. The fourth-order valence-corrected chi connectivity index (χ4v) is 4.14. The summed E-state index contributed by atoms with van der Waals surface area (Å²) >= 11 is 0. The lowest BCUT2D eigenvalue weighted by atomic mass is 9.91. The van der Waals surface area contributed by atoms with Crippen molar-refractivity contribution in [2.24, 2.45) is 5.92 Å². The molecule has 6 nitrogen and oxygen atoms in total. The predicted molar refractivity (Wildman–Crippen MR) is 103 cm³/mol. The molecule has 2 aromatic rings. The molecule has 2 heterocycles. The maximum atomic E-state index is 9.54. The fourth-order valence-electron chi connectivity index (χ4n) is 3.67. The summed E-state index contributed by atoms with van der Waals surface area (Å²) < 4.78 is 5.28. The van der Waals surface area contributed by atoms with E-state index >= 15 is 0 Å². The van der Waals surface area contributed by atoms with Gasteiger partial charge in [-0.15, -0.1) is 0 Å². The van der Waals surface area contributed by atoms with Gasteiger partial charge in [0.15, 0.2) is 8.38 Å². The van der Waals surface area contributed by atoms with Crippen molar-refractivity contribution in [3.05, 3.63) is 30.0 Å². The maximum Gasteiger partial charge on any atom is 0.164 e. The Morgan fingerprint density at radius 1 is 1.35 bits per heavy atom. The molecule has 3 rings (SSSR count). The van der Waals surface area contributed by atoms with E-state index in [1.807, 2.05) is 18.2 Å². The van der Waals surface area contributed by atoms with E-state index in [-0.39, 0.29) is 0 Å². The first kappa shape index (κ1) is 18.8. The minimum atomic E-state index is -1.77. The Kier molecular flexibility index (Phi) is 6.26. The summed E-state index contributed by atoms with van der Waals surface area (Å²) in [4.78, 5) is 24.8. The van der Waals surface area contributed by atoms with Gasteiger partial charge in [0.2, 0.25) is 0 Å². The van der Waals surface area contributed by atoms with E-state index in [1.54, 1.807) is 13.3 Å². The molecule has 1 saturated heterocycles. The highest BCUT2D eigenvalue weighted by Gasteiger charge is 2.23. The van der Waals surface area contributed by atoms with E-state index < -0.39 is 8.38 Å². The Labute approximate surface area is 155 Å². The van der Waals surface area contributed by atoms with Crippen LogP contribution in [0.5, 0.6) is 5.75 Å². The third-order valence-electron chi connectivity index (χ3n) is 5.07. The van der Waals surface area contributed by atoms with E-state index in [0.29, 0.717) is 17.6 Å². The van der Waals surface area contributed by atoms with Gasteiger partial charge in [-0.25, -0.2) is 0 Å². The van der Waals surface area contributed by atoms with Crippen molar-refractivity contribution < 1.29 is 14.5 Å². The summed E-state index contributed by atoms with van der Waals surface area (Å²) in [6.07, 6.45) is 6.16.